The molecule has 0 saturated carbocycles. The summed E-state index contributed by atoms with van der Waals surface area (Å²) in [7, 11) is 0. The number of carbonyl (C=O) groups excluding carboxylic acids is 2. The van der Waals surface area contributed by atoms with Gasteiger partial charge >= 0.3 is 0 Å². The lowest BCUT2D eigenvalue weighted by atomic mass is 9.77. The second-order valence-corrected chi connectivity index (χ2v) is 9.96. The molecule has 2 aromatic rings. The standard InChI is InChI=1S/C27H32ClFN2O4/c28-21-5-9-23(10-6-21)34-18-26(33)31-16-4-13-27(19-31,17-25(32)30-14-2-1-3-15-30)20-35-24-11-7-22(29)8-12-24/h5-12H,1-4,13-20H2. The minimum atomic E-state index is -0.517. The van der Waals surface area contributed by atoms with Crippen LogP contribution in [-0.2, 0) is 9.59 Å². The molecule has 2 aliphatic rings. The molecule has 4 rings (SSSR count). The van der Waals surface area contributed by atoms with E-state index in [2.05, 4.69) is 0 Å². The summed E-state index contributed by atoms with van der Waals surface area (Å²) < 4.78 is 25.0. The van der Waals surface area contributed by atoms with Crippen LogP contribution in [0.4, 0.5) is 4.39 Å². The maximum atomic E-state index is 13.3. The fourth-order valence-corrected chi connectivity index (χ4v) is 4.97. The molecule has 2 amide bonds. The second kappa shape index (κ2) is 11.8. The van der Waals surface area contributed by atoms with Gasteiger partial charge in [-0.05, 0) is 80.6 Å². The van der Waals surface area contributed by atoms with Crippen LogP contribution in [0.3, 0.4) is 0 Å². The number of ether oxygens (including phenoxy) is 2. The van der Waals surface area contributed by atoms with E-state index in [0.717, 1.165) is 45.2 Å². The van der Waals surface area contributed by atoms with Crippen LogP contribution < -0.4 is 9.47 Å². The lowest BCUT2D eigenvalue weighted by Crippen LogP contribution is -2.52. The molecule has 8 heteroatoms. The van der Waals surface area contributed by atoms with Gasteiger partial charge in [-0.3, -0.25) is 9.59 Å². The Kier molecular flexibility index (Phi) is 8.50. The Balaban J connectivity index is 1.43. The molecule has 0 spiro atoms. The summed E-state index contributed by atoms with van der Waals surface area (Å²) in [6.45, 7) is 2.78. The number of likely N-dealkylation sites (tertiary alicyclic amines) is 2. The van der Waals surface area contributed by atoms with Gasteiger partial charge in [0.2, 0.25) is 5.91 Å². The summed E-state index contributed by atoms with van der Waals surface area (Å²) in [6, 6.07) is 12.8. The summed E-state index contributed by atoms with van der Waals surface area (Å²) in [6.07, 6.45) is 5.06. The summed E-state index contributed by atoms with van der Waals surface area (Å²) in [5.74, 6) is 0.773. The lowest BCUT2D eigenvalue weighted by Gasteiger charge is -2.43. The molecule has 6 nitrogen and oxygen atoms in total. The van der Waals surface area contributed by atoms with Crippen LogP contribution >= 0.6 is 11.6 Å². The Bertz CT molecular complexity index is 995. The number of benzene rings is 2. The average molecular weight is 503 g/mol. The van der Waals surface area contributed by atoms with Gasteiger partial charge in [0, 0.05) is 43.0 Å². The van der Waals surface area contributed by atoms with Crippen LogP contribution in [0, 0.1) is 11.2 Å². The molecule has 0 bridgehead atoms. The first-order chi connectivity index (χ1) is 16.9. The van der Waals surface area contributed by atoms with Gasteiger partial charge in [0.15, 0.2) is 6.61 Å². The Morgan fingerprint density at radius 1 is 0.829 bits per heavy atom. The third-order valence-corrected chi connectivity index (χ3v) is 7.04. The molecule has 1 unspecified atom stereocenters. The highest BCUT2D eigenvalue weighted by Gasteiger charge is 2.41. The number of rotatable bonds is 8. The highest BCUT2D eigenvalue weighted by molar-refractivity contribution is 6.30. The van der Waals surface area contributed by atoms with Gasteiger partial charge in [-0.1, -0.05) is 11.6 Å². The molecule has 2 fully saturated rings. The minimum absolute atomic E-state index is 0.0867. The summed E-state index contributed by atoms with van der Waals surface area (Å²) in [5, 5.41) is 0.601. The maximum absolute atomic E-state index is 13.3. The number of hydrogen-bond donors (Lipinski definition) is 0. The predicted octanol–water partition coefficient (Wildman–Crippen LogP) is 4.95. The van der Waals surface area contributed by atoms with Gasteiger partial charge in [0.25, 0.3) is 5.91 Å². The molecule has 2 heterocycles. The quantitative estimate of drug-likeness (QED) is 0.512. The second-order valence-electron chi connectivity index (χ2n) is 9.52. The molecule has 0 aliphatic carbocycles. The van der Waals surface area contributed by atoms with Crippen LogP contribution in [0.25, 0.3) is 0 Å². The van der Waals surface area contributed by atoms with Crippen molar-refractivity contribution in [2.24, 2.45) is 5.41 Å². The number of carbonyl (C=O) groups is 2. The highest BCUT2D eigenvalue weighted by atomic mass is 35.5. The topological polar surface area (TPSA) is 59.1 Å². The molecule has 2 saturated heterocycles. The largest absolute Gasteiger partial charge is 0.493 e. The molecule has 0 aromatic heterocycles. The van der Waals surface area contributed by atoms with E-state index >= 15 is 0 Å². The fourth-order valence-electron chi connectivity index (χ4n) is 4.84. The normalized spacial score (nSPS) is 20.4. The average Bonchev–Trinajstić information content (AvgIpc) is 2.88. The predicted molar refractivity (Wildman–Crippen MR) is 132 cm³/mol. The number of piperidine rings is 2. The van der Waals surface area contributed by atoms with E-state index in [-0.39, 0.29) is 30.8 Å². The SMILES string of the molecule is O=C(CC1(COc2ccc(F)cc2)CCCN(C(=O)COc2ccc(Cl)cc2)C1)N1CCCCC1. The lowest BCUT2D eigenvalue weighted by molar-refractivity contribution is -0.143. The fraction of sp³-hybridized carbons (Fsp3) is 0.481. The summed E-state index contributed by atoms with van der Waals surface area (Å²) in [4.78, 5) is 30.0. The zero-order valence-electron chi connectivity index (χ0n) is 19.9. The van der Waals surface area contributed by atoms with E-state index < -0.39 is 5.41 Å². The van der Waals surface area contributed by atoms with E-state index in [9.17, 15) is 14.0 Å². The molecule has 1 atom stereocenters. The van der Waals surface area contributed by atoms with Crippen molar-refractivity contribution in [2.75, 3.05) is 39.4 Å². The van der Waals surface area contributed by atoms with E-state index in [1.165, 1.54) is 12.1 Å². The first kappa shape index (κ1) is 25.3. The smallest absolute Gasteiger partial charge is 0.260 e. The van der Waals surface area contributed by atoms with Crippen molar-refractivity contribution in [2.45, 2.75) is 38.5 Å². The number of hydrogen-bond acceptors (Lipinski definition) is 4. The van der Waals surface area contributed by atoms with Crippen molar-refractivity contribution in [1.29, 1.82) is 0 Å². The number of amides is 2. The molecule has 35 heavy (non-hydrogen) atoms. The Hall–Kier alpha value is -2.80. The van der Waals surface area contributed by atoms with Gasteiger partial charge < -0.3 is 19.3 Å². The van der Waals surface area contributed by atoms with Crippen molar-refractivity contribution in [3.8, 4) is 11.5 Å². The summed E-state index contributed by atoms with van der Waals surface area (Å²) >= 11 is 5.91. The summed E-state index contributed by atoms with van der Waals surface area (Å²) in [5.41, 5.74) is -0.517. The number of nitrogens with zero attached hydrogens (tertiary/aromatic N) is 2. The Labute approximate surface area is 210 Å². The third-order valence-electron chi connectivity index (χ3n) is 6.78. The van der Waals surface area contributed by atoms with Crippen LogP contribution in [0.2, 0.25) is 5.02 Å². The first-order valence-corrected chi connectivity index (χ1v) is 12.6. The molecule has 0 N–H and O–H groups in total. The van der Waals surface area contributed by atoms with Crippen molar-refractivity contribution >= 4 is 23.4 Å². The zero-order chi connectivity index (χ0) is 24.7. The molecule has 2 aromatic carbocycles. The van der Waals surface area contributed by atoms with E-state index in [0.29, 0.717) is 36.0 Å². The van der Waals surface area contributed by atoms with Crippen LogP contribution in [-0.4, -0.2) is 61.0 Å². The molecular formula is C27H32ClFN2O4. The van der Waals surface area contributed by atoms with Gasteiger partial charge in [-0.15, -0.1) is 0 Å². The van der Waals surface area contributed by atoms with Gasteiger partial charge in [0.05, 0.1) is 6.61 Å². The van der Waals surface area contributed by atoms with Crippen LogP contribution in [0.1, 0.15) is 38.5 Å². The molecular weight excluding hydrogens is 471 g/mol. The zero-order valence-corrected chi connectivity index (χ0v) is 20.6. The van der Waals surface area contributed by atoms with Crippen LogP contribution in [0.15, 0.2) is 48.5 Å². The van der Waals surface area contributed by atoms with E-state index in [1.807, 2.05) is 4.90 Å². The molecule has 0 radical (unpaired) electrons. The molecule has 2 aliphatic heterocycles. The minimum Gasteiger partial charge on any atom is -0.493 e. The van der Waals surface area contributed by atoms with Gasteiger partial charge in [-0.2, -0.15) is 0 Å². The number of halogens is 2. The first-order valence-electron chi connectivity index (χ1n) is 12.2. The third kappa shape index (κ3) is 7.10. The van der Waals surface area contributed by atoms with Crippen molar-refractivity contribution in [3.05, 3.63) is 59.4 Å². The van der Waals surface area contributed by atoms with Crippen LogP contribution in [0.5, 0.6) is 11.5 Å². The van der Waals surface area contributed by atoms with E-state index in [1.54, 1.807) is 41.3 Å². The monoisotopic (exact) mass is 502 g/mol. The van der Waals surface area contributed by atoms with E-state index in [4.69, 9.17) is 21.1 Å². The van der Waals surface area contributed by atoms with Gasteiger partial charge in [-0.25, -0.2) is 4.39 Å². The van der Waals surface area contributed by atoms with Crippen molar-refractivity contribution < 1.29 is 23.5 Å². The van der Waals surface area contributed by atoms with Crippen molar-refractivity contribution in [1.82, 2.24) is 9.80 Å². The highest BCUT2D eigenvalue weighted by Crippen LogP contribution is 2.36. The van der Waals surface area contributed by atoms with Crippen molar-refractivity contribution in [3.63, 3.8) is 0 Å². The Morgan fingerprint density at radius 3 is 2.17 bits per heavy atom. The van der Waals surface area contributed by atoms with Gasteiger partial charge in [0.1, 0.15) is 17.3 Å². The molecule has 188 valence electrons. The Morgan fingerprint density at radius 2 is 1.46 bits per heavy atom. The maximum Gasteiger partial charge on any atom is 0.260 e.